The minimum Gasteiger partial charge on any atom is -0.362 e. The number of hydrogen-bond acceptors (Lipinski definition) is 4. The van der Waals surface area contributed by atoms with Gasteiger partial charge in [0.05, 0.1) is 11.2 Å². The van der Waals surface area contributed by atoms with Crippen molar-refractivity contribution in [1.82, 2.24) is 14.5 Å². The van der Waals surface area contributed by atoms with Crippen LogP contribution in [-0.4, -0.2) is 39.6 Å². The molecule has 0 amide bonds. The predicted molar refractivity (Wildman–Crippen MR) is 121 cm³/mol. The van der Waals surface area contributed by atoms with Gasteiger partial charge >= 0.3 is 0 Å². The van der Waals surface area contributed by atoms with Crippen molar-refractivity contribution in [2.75, 3.05) is 18.0 Å². The summed E-state index contributed by atoms with van der Waals surface area (Å²) in [4.78, 5) is 25.3. The molecule has 1 aliphatic rings. The van der Waals surface area contributed by atoms with E-state index in [1.54, 1.807) is 29.8 Å². The van der Waals surface area contributed by atoms with Crippen molar-refractivity contribution in [3.63, 3.8) is 0 Å². The van der Waals surface area contributed by atoms with E-state index < -0.39 is 0 Å². The molecule has 4 rings (SSSR count). The number of halogens is 1. The minimum atomic E-state index is -0.231. The number of aromatic nitrogens is 2. The Morgan fingerprint density at radius 2 is 1.84 bits per heavy atom. The van der Waals surface area contributed by atoms with Gasteiger partial charge in [-0.3, -0.25) is 9.69 Å². The van der Waals surface area contributed by atoms with Crippen molar-refractivity contribution in [2.24, 2.45) is 7.05 Å². The summed E-state index contributed by atoms with van der Waals surface area (Å²) in [7, 11) is 1.72. The van der Waals surface area contributed by atoms with Crippen LogP contribution in [0.5, 0.6) is 0 Å². The maximum Gasteiger partial charge on any atom is 0.270 e. The number of anilines is 1. The molecule has 1 fully saturated rings. The SMILES string of the molecule is [C-]#[N+]c1ccc2c(n1)c(N1C[C@@H](C)N(C(C)c3ccc(F)cc3)C[C@@H]1C)cc(=O)n2C. The van der Waals surface area contributed by atoms with Crippen LogP contribution in [0.1, 0.15) is 32.4 Å². The molecule has 7 heteroatoms. The minimum absolute atomic E-state index is 0.0955. The Bertz CT molecular complexity index is 1210. The average molecular weight is 420 g/mol. The average Bonchev–Trinajstić information content (AvgIpc) is 2.77. The van der Waals surface area contributed by atoms with Crippen LogP contribution in [0, 0.1) is 12.4 Å². The number of benzene rings is 1. The smallest absolute Gasteiger partial charge is 0.270 e. The standard InChI is InChI=1S/C24H26FN5O/c1-15-14-30(16(2)13-29(15)17(3)18-6-8-19(25)9-7-18)21-12-23(31)28(5)20-10-11-22(26-4)27-24(20)21/h6-12,15-17H,13-14H2,1-3,5H3/t15-,16+,17?/m1/s1. The van der Waals surface area contributed by atoms with Gasteiger partial charge in [0.1, 0.15) is 5.82 Å². The maximum atomic E-state index is 13.3. The van der Waals surface area contributed by atoms with E-state index in [1.165, 1.54) is 12.1 Å². The van der Waals surface area contributed by atoms with Gasteiger partial charge < -0.3 is 14.3 Å². The molecule has 0 radical (unpaired) electrons. The zero-order valence-electron chi connectivity index (χ0n) is 18.2. The molecular weight excluding hydrogens is 393 g/mol. The molecular formula is C24H26FN5O. The van der Waals surface area contributed by atoms with Gasteiger partial charge in [0, 0.05) is 44.3 Å². The van der Waals surface area contributed by atoms with Gasteiger partial charge in [0.15, 0.2) is 0 Å². The molecule has 2 aromatic heterocycles. The summed E-state index contributed by atoms with van der Waals surface area (Å²) in [6.45, 7) is 15.3. The van der Waals surface area contributed by atoms with Crippen molar-refractivity contribution in [2.45, 2.75) is 38.9 Å². The third-order valence-corrected chi connectivity index (χ3v) is 6.36. The highest BCUT2D eigenvalue weighted by molar-refractivity contribution is 5.89. The van der Waals surface area contributed by atoms with Gasteiger partial charge in [0.2, 0.25) is 5.52 Å². The fraction of sp³-hybridized carbons (Fsp3) is 0.375. The molecule has 6 nitrogen and oxygen atoms in total. The van der Waals surface area contributed by atoms with Gasteiger partial charge in [-0.25, -0.2) is 4.39 Å². The highest BCUT2D eigenvalue weighted by atomic mass is 19.1. The molecule has 1 aromatic carbocycles. The third-order valence-electron chi connectivity index (χ3n) is 6.36. The van der Waals surface area contributed by atoms with Crippen LogP contribution < -0.4 is 10.5 Å². The summed E-state index contributed by atoms with van der Waals surface area (Å²) in [6.07, 6.45) is 0. The molecule has 0 saturated carbocycles. The van der Waals surface area contributed by atoms with E-state index in [0.29, 0.717) is 11.3 Å². The highest BCUT2D eigenvalue weighted by Gasteiger charge is 2.34. The lowest BCUT2D eigenvalue weighted by molar-refractivity contribution is 0.119. The van der Waals surface area contributed by atoms with Gasteiger partial charge in [0.25, 0.3) is 11.4 Å². The van der Waals surface area contributed by atoms with Crippen LogP contribution in [0.2, 0.25) is 0 Å². The summed E-state index contributed by atoms with van der Waals surface area (Å²) in [5.74, 6) is 0.0858. The van der Waals surface area contributed by atoms with E-state index >= 15 is 0 Å². The van der Waals surface area contributed by atoms with Crippen molar-refractivity contribution in [3.8, 4) is 0 Å². The lowest BCUT2D eigenvalue weighted by Crippen LogP contribution is -2.57. The van der Waals surface area contributed by atoms with Crippen LogP contribution in [0.15, 0.2) is 47.3 Å². The first-order valence-corrected chi connectivity index (χ1v) is 10.5. The molecule has 0 N–H and O–H groups in total. The molecule has 31 heavy (non-hydrogen) atoms. The Labute approximate surface area is 181 Å². The van der Waals surface area contributed by atoms with E-state index in [0.717, 1.165) is 29.9 Å². The first-order chi connectivity index (χ1) is 14.8. The molecule has 3 heterocycles. The number of pyridine rings is 2. The van der Waals surface area contributed by atoms with Crippen LogP contribution >= 0.6 is 0 Å². The topological polar surface area (TPSA) is 45.7 Å². The van der Waals surface area contributed by atoms with Gasteiger partial charge in [-0.05, 0) is 50.6 Å². The van der Waals surface area contributed by atoms with Gasteiger partial charge in [-0.1, -0.05) is 18.7 Å². The molecule has 1 aliphatic heterocycles. The van der Waals surface area contributed by atoms with Crippen molar-refractivity contribution >= 4 is 22.5 Å². The molecule has 3 aromatic rings. The van der Waals surface area contributed by atoms with Crippen molar-refractivity contribution in [1.29, 1.82) is 0 Å². The van der Waals surface area contributed by atoms with E-state index in [9.17, 15) is 9.18 Å². The molecule has 0 spiro atoms. The second-order valence-electron chi connectivity index (χ2n) is 8.35. The Morgan fingerprint density at radius 3 is 2.52 bits per heavy atom. The van der Waals surface area contributed by atoms with Crippen molar-refractivity contribution < 1.29 is 4.39 Å². The number of rotatable bonds is 3. The van der Waals surface area contributed by atoms with Crippen LogP contribution in [0.3, 0.4) is 0 Å². The normalized spacial score (nSPS) is 20.6. The number of aryl methyl sites for hydroxylation is 1. The predicted octanol–water partition coefficient (Wildman–Crippen LogP) is 4.28. The summed E-state index contributed by atoms with van der Waals surface area (Å²) in [5, 5.41) is 0. The van der Waals surface area contributed by atoms with Gasteiger partial charge in [-0.2, -0.15) is 0 Å². The first kappa shape index (κ1) is 21.0. The molecule has 3 atom stereocenters. The third kappa shape index (κ3) is 3.79. The molecule has 1 unspecified atom stereocenters. The number of fused-ring (bicyclic) bond motifs is 1. The second kappa shape index (κ2) is 8.12. The largest absolute Gasteiger partial charge is 0.362 e. The molecule has 0 bridgehead atoms. The lowest BCUT2D eigenvalue weighted by atomic mass is 10.00. The number of hydrogen-bond donors (Lipinski definition) is 0. The van der Waals surface area contributed by atoms with Crippen LogP contribution in [-0.2, 0) is 7.05 Å². The number of piperazine rings is 1. The maximum absolute atomic E-state index is 13.3. The molecule has 0 aliphatic carbocycles. The van der Waals surface area contributed by atoms with E-state index in [1.807, 2.05) is 12.1 Å². The zero-order valence-corrected chi connectivity index (χ0v) is 18.2. The quantitative estimate of drug-likeness (QED) is 0.595. The lowest BCUT2D eigenvalue weighted by Gasteiger charge is -2.47. The van der Waals surface area contributed by atoms with Gasteiger partial charge in [-0.15, -0.1) is 4.98 Å². The molecule has 1 saturated heterocycles. The van der Waals surface area contributed by atoms with E-state index in [4.69, 9.17) is 6.57 Å². The summed E-state index contributed by atoms with van der Waals surface area (Å²) in [6, 6.07) is 12.2. The Balaban J connectivity index is 1.69. The Kier molecular flexibility index (Phi) is 5.50. The van der Waals surface area contributed by atoms with Crippen molar-refractivity contribution in [3.05, 3.63) is 75.6 Å². The Morgan fingerprint density at radius 1 is 1.13 bits per heavy atom. The number of nitrogens with zero attached hydrogens (tertiary/aromatic N) is 5. The summed E-state index contributed by atoms with van der Waals surface area (Å²) < 4.78 is 14.9. The van der Waals surface area contributed by atoms with Crippen LogP contribution in [0.25, 0.3) is 15.9 Å². The summed E-state index contributed by atoms with van der Waals surface area (Å²) >= 11 is 0. The molecule has 160 valence electrons. The first-order valence-electron chi connectivity index (χ1n) is 10.5. The van der Waals surface area contributed by atoms with E-state index in [-0.39, 0.29) is 29.5 Å². The monoisotopic (exact) mass is 419 g/mol. The fourth-order valence-corrected chi connectivity index (χ4v) is 4.54. The zero-order chi connectivity index (χ0) is 22.3. The van der Waals surface area contributed by atoms with Crippen LogP contribution in [0.4, 0.5) is 15.9 Å². The Hall–Kier alpha value is -3.24. The second-order valence-corrected chi connectivity index (χ2v) is 8.35. The summed E-state index contributed by atoms with van der Waals surface area (Å²) in [5.41, 5.74) is 3.15. The van der Waals surface area contributed by atoms with E-state index in [2.05, 4.69) is 40.4 Å². The highest BCUT2D eigenvalue weighted by Crippen LogP contribution is 2.33. The fourth-order valence-electron chi connectivity index (χ4n) is 4.54.